The molecule has 1 amide bonds. The summed E-state index contributed by atoms with van der Waals surface area (Å²) in [6, 6.07) is 18.1. The molecule has 0 saturated carbocycles. The zero-order valence-electron chi connectivity index (χ0n) is 16.9. The van der Waals surface area contributed by atoms with Crippen molar-refractivity contribution in [1.82, 2.24) is 4.90 Å². The Bertz CT molecular complexity index is 1040. The predicted octanol–water partition coefficient (Wildman–Crippen LogP) is 6.13. The highest BCUT2D eigenvalue weighted by atomic mass is 35.5. The van der Waals surface area contributed by atoms with Crippen molar-refractivity contribution in [2.45, 2.75) is 12.1 Å². The van der Waals surface area contributed by atoms with Gasteiger partial charge in [0.25, 0.3) is 0 Å². The summed E-state index contributed by atoms with van der Waals surface area (Å²) in [7, 11) is 0. The average molecular weight is 477 g/mol. The molecule has 4 nitrogen and oxygen atoms in total. The van der Waals surface area contributed by atoms with Crippen LogP contribution in [0.2, 0.25) is 10.0 Å². The lowest BCUT2D eigenvalue weighted by atomic mass is 9.85. The number of amides is 1. The minimum Gasteiger partial charge on any atom is -0.441 e. The first kappa shape index (κ1) is 22.5. The van der Waals surface area contributed by atoms with Crippen molar-refractivity contribution >= 4 is 29.3 Å². The maximum absolute atomic E-state index is 13.8. The fraction of sp³-hybridized carbons (Fsp3) is 0.208. The van der Waals surface area contributed by atoms with E-state index in [1.807, 2.05) is 48.5 Å². The van der Waals surface area contributed by atoms with Gasteiger partial charge in [-0.2, -0.15) is 0 Å². The van der Waals surface area contributed by atoms with Gasteiger partial charge in [0.05, 0.1) is 6.04 Å². The normalized spacial score (nSPS) is 15.4. The largest absolute Gasteiger partial charge is 0.441 e. The molecule has 8 heteroatoms. The maximum atomic E-state index is 13.8. The van der Waals surface area contributed by atoms with E-state index in [4.69, 9.17) is 33.7 Å². The second-order valence-corrected chi connectivity index (χ2v) is 8.65. The van der Waals surface area contributed by atoms with E-state index in [1.165, 1.54) is 0 Å². The van der Waals surface area contributed by atoms with Crippen molar-refractivity contribution in [2.24, 2.45) is 11.7 Å². The molecule has 1 heterocycles. The van der Waals surface area contributed by atoms with E-state index in [0.717, 1.165) is 29.3 Å². The van der Waals surface area contributed by atoms with Crippen LogP contribution in [0.25, 0.3) is 0 Å². The number of nitrogens with zero attached hydrogens (tertiary/aromatic N) is 1. The summed E-state index contributed by atoms with van der Waals surface area (Å²) in [6.07, 6.45) is -1.85. The summed E-state index contributed by atoms with van der Waals surface area (Å²) >= 11 is 12.1. The molecule has 0 aromatic heterocycles. The van der Waals surface area contributed by atoms with E-state index in [2.05, 4.69) is 4.90 Å². The highest BCUT2D eigenvalue weighted by molar-refractivity contribution is 6.30. The van der Waals surface area contributed by atoms with E-state index < -0.39 is 23.8 Å². The van der Waals surface area contributed by atoms with Gasteiger partial charge in [0.2, 0.25) is 0 Å². The van der Waals surface area contributed by atoms with Gasteiger partial charge in [-0.25, -0.2) is 13.6 Å². The number of hydrogen-bond acceptors (Lipinski definition) is 3. The molecule has 1 unspecified atom stereocenters. The number of rotatable bonds is 6. The summed E-state index contributed by atoms with van der Waals surface area (Å²) in [6.45, 7) is 1.04. The Hall–Kier alpha value is -2.67. The molecule has 1 aliphatic rings. The summed E-state index contributed by atoms with van der Waals surface area (Å²) in [5.41, 5.74) is 7.53. The van der Waals surface area contributed by atoms with Gasteiger partial charge in [-0.3, -0.25) is 4.90 Å². The first-order valence-electron chi connectivity index (χ1n) is 9.97. The van der Waals surface area contributed by atoms with Crippen LogP contribution in [0, 0.1) is 17.6 Å². The van der Waals surface area contributed by atoms with Gasteiger partial charge in [0, 0.05) is 35.1 Å². The second kappa shape index (κ2) is 9.45. The standard InChI is InChI=1S/C24H20Cl2F2N2O2/c25-18-5-1-14(2-6-18)22(15-3-7-19(26)8-4-15)30-12-17(13-30)23(32-24(29)31)16-9-20(27)11-21(28)10-16/h1-11,17,22-23H,12-13H2,(H2,29,31). The summed E-state index contributed by atoms with van der Waals surface area (Å²) in [5, 5.41) is 1.27. The molecule has 3 aromatic rings. The molecule has 1 aliphatic heterocycles. The Morgan fingerprint density at radius 2 is 1.34 bits per heavy atom. The van der Waals surface area contributed by atoms with Crippen LogP contribution < -0.4 is 5.73 Å². The van der Waals surface area contributed by atoms with Crippen molar-refractivity contribution < 1.29 is 18.3 Å². The molecule has 32 heavy (non-hydrogen) atoms. The Labute approximate surface area is 194 Å². The smallest absolute Gasteiger partial charge is 0.405 e. The highest BCUT2D eigenvalue weighted by Gasteiger charge is 2.40. The Morgan fingerprint density at radius 1 is 0.875 bits per heavy atom. The van der Waals surface area contributed by atoms with Gasteiger partial charge < -0.3 is 10.5 Å². The minimum absolute atomic E-state index is 0.0979. The number of likely N-dealkylation sites (tertiary alicyclic amines) is 1. The van der Waals surface area contributed by atoms with Crippen LogP contribution in [0.1, 0.15) is 28.8 Å². The van der Waals surface area contributed by atoms with Crippen LogP contribution in [0.15, 0.2) is 66.7 Å². The second-order valence-electron chi connectivity index (χ2n) is 7.78. The Morgan fingerprint density at radius 3 is 1.78 bits per heavy atom. The van der Waals surface area contributed by atoms with Crippen molar-refractivity contribution in [3.8, 4) is 0 Å². The molecular formula is C24H20Cl2F2N2O2. The molecule has 0 radical (unpaired) electrons. The molecular weight excluding hydrogens is 457 g/mol. The number of benzene rings is 3. The fourth-order valence-corrected chi connectivity index (χ4v) is 4.41. The van der Waals surface area contributed by atoms with Gasteiger partial charge in [-0.05, 0) is 53.1 Å². The van der Waals surface area contributed by atoms with Crippen molar-refractivity contribution in [2.75, 3.05) is 13.1 Å². The predicted molar refractivity (Wildman–Crippen MR) is 120 cm³/mol. The quantitative estimate of drug-likeness (QED) is 0.465. The average Bonchev–Trinajstić information content (AvgIpc) is 2.70. The zero-order chi connectivity index (χ0) is 22.8. The first-order valence-corrected chi connectivity index (χ1v) is 10.7. The van der Waals surface area contributed by atoms with E-state index in [-0.39, 0.29) is 17.5 Å². The molecule has 166 valence electrons. The summed E-state index contributed by atoms with van der Waals surface area (Å²) in [5.74, 6) is -1.67. The van der Waals surface area contributed by atoms with E-state index in [9.17, 15) is 13.6 Å². The van der Waals surface area contributed by atoms with Crippen molar-refractivity contribution in [3.63, 3.8) is 0 Å². The minimum atomic E-state index is -0.995. The highest BCUT2D eigenvalue weighted by Crippen LogP contribution is 2.41. The molecule has 0 bridgehead atoms. The number of halogens is 4. The molecule has 0 spiro atoms. The molecule has 0 aliphatic carbocycles. The van der Waals surface area contributed by atoms with Gasteiger partial charge in [0.15, 0.2) is 0 Å². The zero-order valence-corrected chi connectivity index (χ0v) is 18.4. The number of nitrogens with two attached hydrogens (primary N) is 1. The summed E-state index contributed by atoms with van der Waals surface area (Å²) < 4.78 is 32.8. The maximum Gasteiger partial charge on any atom is 0.405 e. The number of carbonyl (C=O) groups excluding carboxylic acids is 1. The lowest BCUT2D eigenvalue weighted by Crippen LogP contribution is -2.51. The van der Waals surface area contributed by atoms with E-state index in [1.54, 1.807) is 0 Å². The Kier molecular flexibility index (Phi) is 6.65. The summed E-state index contributed by atoms with van der Waals surface area (Å²) in [4.78, 5) is 13.7. The molecule has 4 rings (SSSR count). The third kappa shape index (κ3) is 5.04. The lowest BCUT2D eigenvalue weighted by molar-refractivity contribution is -0.0274. The van der Waals surface area contributed by atoms with Crippen LogP contribution in [-0.4, -0.2) is 24.1 Å². The fourth-order valence-electron chi connectivity index (χ4n) is 4.16. The Balaban J connectivity index is 1.60. The monoisotopic (exact) mass is 476 g/mol. The van der Waals surface area contributed by atoms with Crippen LogP contribution in [-0.2, 0) is 4.74 Å². The van der Waals surface area contributed by atoms with Crippen molar-refractivity contribution in [1.29, 1.82) is 0 Å². The third-order valence-corrected chi connectivity index (χ3v) is 6.06. The van der Waals surface area contributed by atoms with Crippen molar-refractivity contribution in [3.05, 3.63) is 105 Å². The number of ether oxygens (including phenoxy) is 1. The third-order valence-electron chi connectivity index (χ3n) is 5.56. The lowest BCUT2D eigenvalue weighted by Gasteiger charge is -2.47. The first-order chi connectivity index (χ1) is 15.3. The molecule has 2 N–H and O–H groups in total. The van der Waals surface area contributed by atoms with E-state index in [0.29, 0.717) is 23.1 Å². The molecule has 1 saturated heterocycles. The number of primary amides is 1. The van der Waals surface area contributed by atoms with Gasteiger partial charge in [-0.15, -0.1) is 0 Å². The molecule has 1 fully saturated rings. The molecule has 1 atom stereocenters. The SMILES string of the molecule is NC(=O)OC(c1cc(F)cc(F)c1)C1CN(C(c2ccc(Cl)cc2)c2ccc(Cl)cc2)C1. The molecule has 3 aromatic carbocycles. The van der Waals surface area contributed by atoms with Gasteiger partial charge in [0.1, 0.15) is 17.7 Å². The van der Waals surface area contributed by atoms with Crippen LogP contribution in [0.4, 0.5) is 13.6 Å². The van der Waals surface area contributed by atoms with Crippen LogP contribution >= 0.6 is 23.2 Å². The van der Waals surface area contributed by atoms with E-state index >= 15 is 0 Å². The van der Waals surface area contributed by atoms with Crippen LogP contribution in [0.5, 0.6) is 0 Å². The van der Waals surface area contributed by atoms with Gasteiger partial charge >= 0.3 is 6.09 Å². The topological polar surface area (TPSA) is 55.6 Å². The number of hydrogen-bond donors (Lipinski definition) is 1. The van der Waals surface area contributed by atoms with Crippen LogP contribution in [0.3, 0.4) is 0 Å². The van der Waals surface area contributed by atoms with Gasteiger partial charge in [-0.1, -0.05) is 47.5 Å². The number of carbonyl (C=O) groups is 1.